The molecule has 0 aliphatic rings. The van der Waals surface area contributed by atoms with Crippen molar-refractivity contribution in [2.75, 3.05) is 5.32 Å². The van der Waals surface area contributed by atoms with Crippen LogP contribution in [0.3, 0.4) is 0 Å². The fourth-order valence-electron chi connectivity index (χ4n) is 1.77. The van der Waals surface area contributed by atoms with Gasteiger partial charge < -0.3 is 9.73 Å². The summed E-state index contributed by atoms with van der Waals surface area (Å²) in [6.07, 6.45) is 1.68. The zero-order valence-corrected chi connectivity index (χ0v) is 11.0. The predicted molar refractivity (Wildman–Crippen MR) is 73.2 cm³/mol. The van der Waals surface area contributed by atoms with Crippen molar-refractivity contribution in [2.45, 2.75) is 13.3 Å². The van der Waals surface area contributed by atoms with Crippen LogP contribution in [0.15, 0.2) is 34.4 Å². The Balaban J connectivity index is 1.71. The van der Waals surface area contributed by atoms with Crippen molar-refractivity contribution in [2.24, 2.45) is 0 Å². The minimum atomic E-state index is -0.0896. The number of nitrogens with one attached hydrogen (secondary N) is 1. The molecular weight excluding hydrogens is 262 g/mol. The molecule has 0 aliphatic carbocycles. The van der Waals surface area contributed by atoms with Gasteiger partial charge in [0.2, 0.25) is 5.91 Å². The molecule has 6 heteroatoms. The maximum absolute atomic E-state index is 11.9. The first kappa shape index (κ1) is 11.9. The number of carbonyl (C=O) groups is 1. The van der Waals surface area contributed by atoms with Gasteiger partial charge in [0.15, 0.2) is 17.1 Å². The average molecular weight is 273 g/mol. The number of rotatable bonds is 3. The third-order valence-electron chi connectivity index (χ3n) is 2.63. The molecule has 19 heavy (non-hydrogen) atoms. The molecule has 96 valence electrons. The van der Waals surface area contributed by atoms with Crippen molar-refractivity contribution < 1.29 is 9.21 Å². The SMILES string of the molecule is Cc1csc(NC(=O)Cc2ccc3ncoc3c2)n1. The fraction of sp³-hybridized carbons (Fsp3) is 0.154. The lowest BCUT2D eigenvalue weighted by Gasteiger charge is -2.01. The van der Waals surface area contributed by atoms with Gasteiger partial charge >= 0.3 is 0 Å². The molecule has 0 aliphatic heterocycles. The first-order chi connectivity index (χ1) is 9.20. The van der Waals surface area contributed by atoms with Gasteiger partial charge in [0.05, 0.1) is 12.1 Å². The van der Waals surface area contributed by atoms with Gasteiger partial charge in [-0.15, -0.1) is 11.3 Å². The van der Waals surface area contributed by atoms with Gasteiger partial charge in [-0.2, -0.15) is 0 Å². The summed E-state index contributed by atoms with van der Waals surface area (Å²) in [4.78, 5) is 20.1. The molecule has 1 amide bonds. The molecular formula is C13H11N3O2S. The molecule has 1 aromatic carbocycles. The van der Waals surface area contributed by atoms with Crippen LogP contribution in [0.1, 0.15) is 11.3 Å². The van der Waals surface area contributed by atoms with E-state index < -0.39 is 0 Å². The van der Waals surface area contributed by atoms with Gasteiger partial charge in [-0.1, -0.05) is 6.07 Å². The summed E-state index contributed by atoms with van der Waals surface area (Å²) in [7, 11) is 0. The van der Waals surface area contributed by atoms with E-state index in [2.05, 4.69) is 15.3 Å². The van der Waals surface area contributed by atoms with Crippen LogP contribution < -0.4 is 5.32 Å². The number of aryl methyl sites for hydroxylation is 1. The van der Waals surface area contributed by atoms with Gasteiger partial charge in [-0.3, -0.25) is 4.79 Å². The first-order valence-corrected chi connectivity index (χ1v) is 6.63. The highest BCUT2D eigenvalue weighted by molar-refractivity contribution is 7.13. The number of carbonyl (C=O) groups excluding carboxylic acids is 1. The van der Waals surface area contributed by atoms with Gasteiger partial charge in [0, 0.05) is 5.38 Å². The second kappa shape index (κ2) is 4.81. The van der Waals surface area contributed by atoms with Crippen LogP contribution in [0, 0.1) is 6.92 Å². The van der Waals surface area contributed by atoms with E-state index >= 15 is 0 Å². The summed E-state index contributed by atoms with van der Waals surface area (Å²) in [5.41, 5.74) is 3.27. The van der Waals surface area contributed by atoms with Gasteiger partial charge in [0.25, 0.3) is 0 Å². The zero-order valence-electron chi connectivity index (χ0n) is 10.2. The maximum Gasteiger partial charge on any atom is 0.230 e. The summed E-state index contributed by atoms with van der Waals surface area (Å²) in [6.45, 7) is 1.89. The highest BCUT2D eigenvalue weighted by atomic mass is 32.1. The molecule has 0 unspecified atom stereocenters. The lowest BCUT2D eigenvalue weighted by atomic mass is 10.1. The van der Waals surface area contributed by atoms with Crippen LogP contribution >= 0.6 is 11.3 Å². The van der Waals surface area contributed by atoms with E-state index in [1.54, 1.807) is 0 Å². The van der Waals surface area contributed by atoms with Gasteiger partial charge in [-0.25, -0.2) is 9.97 Å². The van der Waals surface area contributed by atoms with E-state index in [1.165, 1.54) is 17.7 Å². The largest absolute Gasteiger partial charge is 0.443 e. The summed E-state index contributed by atoms with van der Waals surface area (Å²) in [6, 6.07) is 5.54. The second-order valence-corrected chi connectivity index (χ2v) is 5.03. The second-order valence-electron chi connectivity index (χ2n) is 4.17. The molecule has 0 saturated heterocycles. The van der Waals surface area contributed by atoms with Crippen LogP contribution in [-0.4, -0.2) is 15.9 Å². The van der Waals surface area contributed by atoms with E-state index in [-0.39, 0.29) is 12.3 Å². The van der Waals surface area contributed by atoms with Crippen LogP contribution in [0.5, 0.6) is 0 Å². The molecule has 0 radical (unpaired) electrons. The molecule has 2 heterocycles. The maximum atomic E-state index is 11.9. The highest BCUT2D eigenvalue weighted by Gasteiger charge is 2.08. The molecule has 0 spiro atoms. The molecule has 0 bridgehead atoms. The van der Waals surface area contributed by atoms with Crippen LogP contribution in [-0.2, 0) is 11.2 Å². The predicted octanol–water partition coefficient (Wildman–Crippen LogP) is 2.77. The average Bonchev–Trinajstić information content (AvgIpc) is 2.97. The number of amides is 1. The normalized spacial score (nSPS) is 10.8. The number of oxazole rings is 1. The summed E-state index contributed by atoms with van der Waals surface area (Å²) >= 11 is 1.42. The summed E-state index contributed by atoms with van der Waals surface area (Å²) in [5, 5.41) is 5.30. The standard InChI is InChI=1S/C13H11N3O2S/c1-8-6-19-13(15-8)16-12(17)5-9-2-3-10-11(4-9)18-7-14-10/h2-4,6-7H,5H2,1H3,(H,15,16,17). The number of benzene rings is 1. The summed E-state index contributed by atoms with van der Waals surface area (Å²) < 4.78 is 5.21. The quantitative estimate of drug-likeness (QED) is 0.796. The van der Waals surface area contributed by atoms with E-state index in [4.69, 9.17) is 4.42 Å². The molecule has 1 N–H and O–H groups in total. The topological polar surface area (TPSA) is 68.0 Å². The van der Waals surface area contributed by atoms with Crippen LogP contribution in [0.4, 0.5) is 5.13 Å². The number of aromatic nitrogens is 2. The number of hydrogen-bond donors (Lipinski definition) is 1. The number of hydrogen-bond acceptors (Lipinski definition) is 5. The number of thiazole rings is 1. The fourth-order valence-corrected chi connectivity index (χ4v) is 2.47. The molecule has 0 atom stereocenters. The Hall–Kier alpha value is -2.21. The molecule has 3 rings (SSSR count). The first-order valence-electron chi connectivity index (χ1n) is 5.75. The van der Waals surface area contributed by atoms with Gasteiger partial charge in [0.1, 0.15) is 5.52 Å². The van der Waals surface area contributed by atoms with E-state index in [9.17, 15) is 4.79 Å². The molecule has 0 fully saturated rings. The van der Waals surface area contributed by atoms with E-state index in [0.717, 1.165) is 16.8 Å². The third-order valence-corrected chi connectivity index (χ3v) is 3.50. The lowest BCUT2D eigenvalue weighted by molar-refractivity contribution is -0.115. The zero-order chi connectivity index (χ0) is 13.2. The Bertz CT molecular complexity index is 732. The Morgan fingerprint density at radius 3 is 3.16 bits per heavy atom. The minimum absolute atomic E-state index is 0.0896. The minimum Gasteiger partial charge on any atom is -0.443 e. The van der Waals surface area contributed by atoms with E-state index in [1.807, 2.05) is 30.5 Å². The van der Waals surface area contributed by atoms with Crippen molar-refractivity contribution in [3.8, 4) is 0 Å². The molecule has 2 aromatic heterocycles. The number of fused-ring (bicyclic) bond motifs is 1. The smallest absolute Gasteiger partial charge is 0.230 e. The lowest BCUT2D eigenvalue weighted by Crippen LogP contribution is -2.14. The molecule has 3 aromatic rings. The summed E-state index contributed by atoms with van der Waals surface area (Å²) in [5.74, 6) is -0.0896. The highest BCUT2D eigenvalue weighted by Crippen LogP contribution is 2.17. The Kier molecular flexibility index (Phi) is 3.00. The van der Waals surface area contributed by atoms with Crippen molar-refractivity contribution >= 4 is 33.5 Å². The number of nitrogens with zero attached hydrogens (tertiary/aromatic N) is 2. The number of anilines is 1. The molecule has 0 saturated carbocycles. The van der Waals surface area contributed by atoms with Crippen molar-refractivity contribution in [3.63, 3.8) is 0 Å². The van der Waals surface area contributed by atoms with Crippen LogP contribution in [0.25, 0.3) is 11.1 Å². The third kappa shape index (κ3) is 2.63. The Labute approximate surface area is 113 Å². The van der Waals surface area contributed by atoms with E-state index in [0.29, 0.717) is 10.7 Å². The molecule has 5 nitrogen and oxygen atoms in total. The van der Waals surface area contributed by atoms with Crippen molar-refractivity contribution in [3.05, 3.63) is 41.2 Å². The van der Waals surface area contributed by atoms with Crippen LogP contribution in [0.2, 0.25) is 0 Å². The van der Waals surface area contributed by atoms with Crippen molar-refractivity contribution in [1.29, 1.82) is 0 Å². The Morgan fingerprint density at radius 2 is 2.37 bits per heavy atom. The Morgan fingerprint density at radius 1 is 1.47 bits per heavy atom. The monoisotopic (exact) mass is 273 g/mol. The van der Waals surface area contributed by atoms with Gasteiger partial charge in [-0.05, 0) is 24.6 Å². The van der Waals surface area contributed by atoms with Crippen molar-refractivity contribution in [1.82, 2.24) is 9.97 Å².